The van der Waals surface area contributed by atoms with E-state index < -0.39 is 6.10 Å². The van der Waals surface area contributed by atoms with E-state index in [1.54, 1.807) is 0 Å². The minimum absolute atomic E-state index is 0.350. The van der Waals surface area contributed by atoms with Gasteiger partial charge < -0.3 is 24.2 Å². The number of rotatable bonds is 12. The fourth-order valence-electron chi connectivity index (χ4n) is 4.02. The maximum Gasteiger partial charge on any atom is 0.232 e. The number of benzene rings is 1. The molecule has 1 saturated heterocycles. The van der Waals surface area contributed by atoms with Crippen LogP contribution < -0.4 is 4.90 Å². The molecular formula is C24H38N4O3. The van der Waals surface area contributed by atoms with Crippen molar-refractivity contribution >= 4 is 5.88 Å². The lowest BCUT2D eigenvalue weighted by atomic mass is 10.1. The molecule has 7 heteroatoms. The zero-order valence-corrected chi connectivity index (χ0v) is 19.3. The number of aromatic nitrogens is 1. The van der Waals surface area contributed by atoms with E-state index in [0.717, 1.165) is 48.9 Å². The van der Waals surface area contributed by atoms with E-state index in [1.165, 1.54) is 19.3 Å². The third-order valence-corrected chi connectivity index (χ3v) is 5.69. The second-order valence-corrected chi connectivity index (χ2v) is 8.58. The van der Waals surface area contributed by atoms with Gasteiger partial charge in [0.25, 0.3) is 0 Å². The summed E-state index contributed by atoms with van der Waals surface area (Å²) in [4.78, 5) is 6.79. The summed E-state index contributed by atoms with van der Waals surface area (Å²) in [6.07, 6.45) is 3.10. The average molecular weight is 431 g/mol. The second-order valence-electron chi connectivity index (χ2n) is 8.58. The number of anilines is 1. The molecule has 0 amide bonds. The van der Waals surface area contributed by atoms with Gasteiger partial charge in [-0.15, -0.1) is 0 Å². The Balaban J connectivity index is 1.87. The average Bonchev–Trinajstić information content (AvgIpc) is 3.20. The molecule has 3 rings (SSSR count). The van der Waals surface area contributed by atoms with Crippen LogP contribution in [0.2, 0.25) is 0 Å². The standard InChI is InChI=1S/C24H38N4O3/c1-4-30-19-21(29)17-27(16-15-26(2)3)18-22-23(20-11-7-5-8-12-20)25-31-24(22)28-13-9-6-10-14-28/h5,7-8,11-12,21,29H,4,6,9-10,13-19H2,1-3H3. The minimum atomic E-state index is -0.527. The van der Waals surface area contributed by atoms with Crippen LogP contribution in [0.25, 0.3) is 11.3 Å². The highest BCUT2D eigenvalue weighted by Crippen LogP contribution is 2.33. The van der Waals surface area contributed by atoms with Crippen LogP contribution in [0, 0.1) is 0 Å². The molecule has 1 unspecified atom stereocenters. The first-order valence-corrected chi connectivity index (χ1v) is 11.5. The normalized spacial score (nSPS) is 15.7. The van der Waals surface area contributed by atoms with Crippen LogP contribution >= 0.6 is 0 Å². The second kappa shape index (κ2) is 12.2. The molecule has 1 fully saturated rings. The van der Waals surface area contributed by atoms with E-state index in [1.807, 2.05) is 25.1 Å². The number of hydrogen-bond acceptors (Lipinski definition) is 7. The van der Waals surface area contributed by atoms with Crippen LogP contribution in [-0.4, -0.2) is 86.2 Å². The number of ether oxygens (including phenoxy) is 1. The van der Waals surface area contributed by atoms with Crippen LogP contribution in [0.1, 0.15) is 31.7 Å². The largest absolute Gasteiger partial charge is 0.389 e. The molecular weight excluding hydrogens is 392 g/mol. The van der Waals surface area contributed by atoms with E-state index in [0.29, 0.717) is 26.3 Å². The summed E-state index contributed by atoms with van der Waals surface area (Å²) in [5.74, 6) is 0.882. The van der Waals surface area contributed by atoms with Crippen molar-refractivity contribution in [2.75, 3.05) is 64.9 Å². The first kappa shape index (κ1) is 23.7. The molecule has 172 valence electrons. The zero-order chi connectivity index (χ0) is 22.1. The predicted molar refractivity (Wildman–Crippen MR) is 124 cm³/mol. The Morgan fingerprint density at radius 1 is 1.13 bits per heavy atom. The maximum atomic E-state index is 10.5. The number of aliphatic hydroxyl groups excluding tert-OH is 1. The van der Waals surface area contributed by atoms with Crippen LogP contribution in [-0.2, 0) is 11.3 Å². The third-order valence-electron chi connectivity index (χ3n) is 5.69. The highest BCUT2D eigenvalue weighted by molar-refractivity contribution is 5.68. The highest BCUT2D eigenvalue weighted by Gasteiger charge is 2.26. The number of aliphatic hydroxyl groups is 1. The Labute approximate surface area is 186 Å². The lowest BCUT2D eigenvalue weighted by molar-refractivity contribution is 0.0186. The van der Waals surface area contributed by atoms with Gasteiger partial charge in [-0.1, -0.05) is 35.5 Å². The first-order valence-electron chi connectivity index (χ1n) is 11.5. The predicted octanol–water partition coefficient (Wildman–Crippen LogP) is 3.09. The summed E-state index contributed by atoms with van der Waals surface area (Å²) in [6, 6.07) is 10.2. The monoisotopic (exact) mass is 430 g/mol. The van der Waals surface area contributed by atoms with E-state index >= 15 is 0 Å². The molecule has 0 bridgehead atoms. The SMILES string of the molecule is CCOCC(O)CN(CCN(C)C)Cc1c(-c2ccccc2)noc1N1CCCCC1. The molecule has 1 N–H and O–H groups in total. The van der Waals surface area contributed by atoms with E-state index in [4.69, 9.17) is 9.26 Å². The van der Waals surface area contributed by atoms with Crippen molar-refractivity contribution < 1.29 is 14.4 Å². The van der Waals surface area contributed by atoms with Gasteiger partial charge in [0.15, 0.2) is 0 Å². The number of nitrogens with zero attached hydrogens (tertiary/aromatic N) is 4. The fourth-order valence-corrected chi connectivity index (χ4v) is 4.02. The molecule has 0 aliphatic carbocycles. The summed E-state index contributed by atoms with van der Waals surface area (Å²) in [6.45, 7) is 7.89. The molecule has 31 heavy (non-hydrogen) atoms. The minimum Gasteiger partial charge on any atom is -0.389 e. The highest BCUT2D eigenvalue weighted by atomic mass is 16.5. The van der Waals surface area contributed by atoms with Crippen molar-refractivity contribution in [3.05, 3.63) is 35.9 Å². The number of piperidine rings is 1. The Morgan fingerprint density at radius 3 is 2.55 bits per heavy atom. The molecule has 2 heterocycles. The topological polar surface area (TPSA) is 65.2 Å². The van der Waals surface area contributed by atoms with Gasteiger partial charge in [-0.05, 0) is 40.3 Å². The molecule has 0 spiro atoms. The van der Waals surface area contributed by atoms with Gasteiger partial charge in [0, 0.05) is 51.4 Å². The molecule has 0 radical (unpaired) electrons. The van der Waals surface area contributed by atoms with E-state index in [2.05, 4.69) is 46.1 Å². The van der Waals surface area contributed by atoms with Gasteiger partial charge in [0.2, 0.25) is 5.88 Å². The summed E-state index contributed by atoms with van der Waals surface area (Å²) in [7, 11) is 4.14. The number of likely N-dealkylation sites (N-methyl/N-ethyl adjacent to an activating group) is 1. The summed E-state index contributed by atoms with van der Waals surface area (Å²) in [5.41, 5.74) is 3.07. The van der Waals surface area contributed by atoms with Crippen molar-refractivity contribution in [3.63, 3.8) is 0 Å². The molecule has 1 aliphatic heterocycles. The van der Waals surface area contributed by atoms with Gasteiger partial charge in [-0.2, -0.15) is 0 Å². The molecule has 1 aromatic carbocycles. The van der Waals surface area contributed by atoms with Gasteiger partial charge in [-0.25, -0.2) is 0 Å². The molecule has 2 aromatic rings. The molecule has 1 aliphatic rings. The molecule has 0 saturated carbocycles. The molecule has 1 aromatic heterocycles. The summed E-state index contributed by atoms with van der Waals surface area (Å²) < 4.78 is 11.4. The van der Waals surface area contributed by atoms with Gasteiger partial charge in [0.1, 0.15) is 5.69 Å². The van der Waals surface area contributed by atoms with Crippen molar-refractivity contribution in [1.29, 1.82) is 0 Å². The summed E-state index contributed by atoms with van der Waals surface area (Å²) in [5, 5.41) is 15.0. The lowest BCUT2D eigenvalue weighted by Gasteiger charge is -2.29. The van der Waals surface area contributed by atoms with Crippen molar-refractivity contribution in [2.24, 2.45) is 0 Å². The third kappa shape index (κ3) is 7.04. The van der Waals surface area contributed by atoms with Gasteiger partial charge >= 0.3 is 0 Å². The zero-order valence-electron chi connectivity index (χ0n) is 19.3. The van der Waals surface area contributed by atoms with E-state index in [-0.39, 0.29) is 0 Å². The van der Waals surface area contributed by atoms with Crippen molar-refractivity contribution in [1.82, 2.24) is 15.0 Å². The maximum absolute atomic E-state index is 10.5. The lowest BCUT2D eigenvalue weighted by Crippen LogP contribution is -2.39. The van der Waals surface area contributed by atoms with Crippen LogP contribution in [0.3, 0.4) is 0 Å². The van der Waals surface area contributed by atoms with Crippen LogP contribution in [0.15, 0.2) is 34.9 Å². The number of hydrogen-bond donors (Lipinski definition) is 1. The molecule has 7 nitrogen and oxygen atoms in total. The Morgan fingerprint density at radius 2 is 1.87 bits per heavy atom. The van der Waals surface area contributed by atoms with Gasteiger partial charge in [0.05, 0.1) is 18.3 Å². The van der Waals surface area contributed by atoms with E-state index in [9.17, 15) is 5.11 Å². The molecule has 1 atom stereocenters. The van der Waals surface area contributed by atoms with Crippen molar-refractivity contribution in [2.45, 2.75) is 38.8 Å². The summed E-state index contributed by atoms with van der Waals surface area (Å²) >= 11 is 0. The first-order chi connectivity index (χ1) is 15.1. The van der Waals surface area contributed by atoms with Crippen molar-refractivity contribution in [3.8, 4) is 11.3 Å². The van der Waals surface area contributed by atoms with Crippen LogP contribution in [0.4, 0.5) is 5.88 Å². The quantitative estimate of drug-likeness (QED) is 0.555. The Bertz CT molecular complexity index is 759. The smallest absolute Gasteiger partial charge is 0.232 e. The Hall–Kier alpha value is -1.93. The van der Waals surface area contributed by atoms with Gasteiger partial charge in [-0.3, -0.25) is 4.90 Å². The fraction of sp³-hybridized carbons (Fsp3) is 0.625. The van der Waals surface area contributed by atoms with Crippen LogP contribution in [0.5, 0.6) is 0 Å². The Kier molecular flexibility index (Phi) is 9.33.